The summed E-state index contributed by atoms with van der Waals surface area (Å²) >= 11 is 5.93. The van der Waals surface area contributed by atoms with Crippen molar-refractivity contribution in [3.8, 4) is 0 Å². The van der Waals surface area contributed by atoms with Gasteiger partial charge in [0, 0.05) is 11.8 Å². The van der Waals surface area contributed by atoms with Gasteiger partial charge in [-0.2, -0.15) is 0 Å². The number of hydrogen-bond donors (Lipinski definition) is 2. The summed E-state index contributed by atoms with van der Waals surface area (Å²) in [5.74, 6) is 0.714. The molecule has 1 unspecified atom stereocenters. The Labute approximate surface area is 95.2 Å². The van der Waals surface area contributed by atoms with Gasteiger partial charge >= 0.3 is 0 Å². The van der Waals surface area contributed by atoms with Crippen LogP contribution in [-0.2, 0) is 0 Å². The molecular formula is C11H16ClN3. The Morgan fingerprint density at radius 1 is 1.47 bits per heavy atom. The molecule has 15 heavy (non-hydrogen) atoms. The number of nitrogens with zero attached hydrogens (tertiary/aromatic N) is 1. The first-order valence-corrected chi connectivity index (χ1v) is 5.31. The Balaban J connectivity index is 3.37. The molecule has 1 atom stereocenters. The molecule has 0 aromatic carbocycles. The zero-order valence-corrected chi connectivity index (χ0v) is 9.97. The van der Waals surface area contributed by atoms with Gasteiger partial charge in [-0.25, -0.2) is 4.98 Å². The SMILES string of the molecule is CC(C)C(C)c1c(N)cnc(Cl)c1C=N. The van der Waals surface area contributed by atoms with E-state index >= 15 is 0 Å². The van der Waals surface area contributed by atoms with Crippen LogP contribution in [0.3, 0.4) is 0 Å². The molecule has 0 saturated heterocycles. The zero-order chi connectivity index (χ0) is 11.6. The van der Waals surface area contributed by atoms with Crippen LogP contribution in [0.15, 0.2) is 6.20 Å². The average molecular weight is 226 g/mol. The van der Waals surface area contributed by atoms with E-state index in [1.807, 2.05) is 0 Å². The summed E-state index contributed by atoms with van der Waals surface area (Å²) in [4.78, 5) is 3.94. The maximum absolute atomic E-state index is 7.35. The monoisotopic (exact) mass is 225 g/mol. The molecule has 1 rings (SSSR count). The highest BCUT2D eigenvalue weighted by molar-refractivity contribution is 6.32. The summed E-state index contributed by atoms with van der Waals surface area (Å²) in [5, 5.41) is 7.70. The summed E-state index contributed by atoms with van der Waals surface area (Å²) in [6.45, 7) is 6.32. The molecule has 1 aromatic heterocycles. The normalized spacial score (nSPS) is 12.9. The topological polar surface area (TPSA) is 62.8 Å². The predicted molar refractivity (Wildman–Crippen MR) is 64.8 cm³/mol. The van der Waals surface area contributed by atoms with E-state index in [-0.39, 0.29) is 5.92 Å². The molecule has 0 radical (unpaired) electrons. The Morgan fingerprint density at radius 3 is 2.53 bits per heavy atom. The van der Waals surface area contributed by atoms with E-state index in [9.17, 15) is 0 Å². The van der Waals surface area contributed by atoms with Gasteiger partial charge in [-0.15, -0.1) is 0 Å². The van der Waals surface area contributed by atoms with Crippen molar-refractivity contribution in [1.29, 1.82) is 5.41 Å². The quantitative estimate of drug-likeness (QED) is 0.614. The lowest BCUT2D eigenvalue weighted by molar-refractivity contribution is 0.535. The summed E-state index contributed by atoms with van der Waals surface area (Å²) in [6.07, 6.45) is 2.78. The maximum Gasteiger partial charge on any atom is 0.138 e. The molecule has 0 aliphatic heterocycles. The Morgan fingerprint density at radius 2 is 2.07 bits per heavy atom. The number of hydrogen-bond acceptors (Lipinski definition) is 3. The Kier molecular flexibility index (Phi) is 3.69. The summed E-state index contributed by atoms with van der Waals surface area (Å²) in [7, 11) is 0. The fraction of sp³-hybridized carbons (Fsp3) is 0.455. The first-order chi connectivity index (χ1) is 6.99. The number of halogens is 1. The van der Waals surface area contributed by atoms with Crippen molar-refractivity contribution < 1.29 is 0 Å². The fourth-order valence-corrected chi connectivity index (χ4v) is 1.72. The number of rotatable bonds is 3. The van der Waals surface area contributed by atoms with Crippen LogP contribution in [0.2, 0.25) is 5.15 Å². The third kappa shape index (κ3) is 2.29. The van der Waals surface area contributed by atoms with Crippen molar-refractivity contribution in [2.45, 2.75) is 26.7 Å². The highest BCUT2D eigenvalue weighted by Crippen LogP contribution is 2.32. The molecular weight excluding hydrogens is 210 g/mol. The largest absolute Gasteiger partial charge is 0.397 e. The van der Waals surface area contributed by atoms with E-state index in [1.165, 1.54) is 6.21 Å². The van der Waals surface area contributed by atoms with Crippen molar-refractivity contribution in [2.24, 2.45) is 5.92 Å². The molecule has 0 aliphatic carbocycles. The molecule has 0 spiro atoms. The molecule has 0 bridgehead atoms. The number of aromatic nitrogens is 1. The lowest BCUT2D eigenvalue weighted by atomic mass is 9.87. The summed E-state index contributed by atoms with van der Waals surface area (Å²) in [5.41, 5.74) is 8.06. The molecule has 1 aromatic rings. The number of anilines is 1. The molecule has 82 valence electrons. The maximum atomic E-state index is 7.35. The molecule has 0 fully saturated rings. The third-order valence-corrected chi connectivity index (χ3v) is 3.04. The lowest BCUT2D eigenvalue weighted by Gasteiger charge is -2.20. The first-order valence-electron chi connectivity index (χ1n) is 4.93. The number of nitrogens with one attached hydrogen (secondary N) is 1. The van der Waals surface area contributed by atoms with Crippen LogP contribution in [0.4, 0.5) is 5.69 Å². The molecule has 0 amide bonds. The lowest BCUT2D eigenvalue weighted by Crippen LogP contribution is -2.10. The molecule has 3 nitrogen and oxygen atoms in total. The second kappa shape index (κ2) is 4.62. The summed E-state index contributed by atoms with van der Waals surface area (Å²) in [6, 6.07) is 0. The molecule has 0 aliphatic rings. The fourth-order valence-electron chi connectivity index (χ4n) is 1.51. The van der Waals surface area contributed by atoms with Crippen LogP contribution in [-0.4, -0.2) is 11.2 Å². The van der Waals surface area contributed by atoms with Gasteiger partial charge in [0.15, 0.2) is 0 Å². The second-order valence-electron chi connectivity index (χ2n) is 4.01. The van der Waals surface area contributed by atoms with Gasteiger partial charge in [0.2, 0.25) is 0 Å². The van der Waals surface area contributed by atoms with E-state index in [4.69, 9.17) is 22.7 Å². The Hall–Kier alpha value is -1.09. The van der Waals surface area contributed by atoms with Gasteiger partial charge in [0.05, 0.1) is 11.9 Å². The standard InChI is InChI=1S/C11H16ClN3/c1-6(2)7(3)10-8(4-13)11(12)15-5-9(10)14/h4-7,13H,14H2,1-3H3. The van der Waals surface area contributed by atoms with Gasteiger partial charge in [-0.3, -0.25) is 0 Å². The van der Waals surface area contributed by atoms with Gasteiger partial charge in [0.25, 0.3) is 0 Å². The van der Waals surface area contributed by atoms with Crippen LogP contribution in [0, 0.1) is 11.3 Å². The third-order valence-electron chi connectivity index (χ3n) is 2.74. The van der Waals surface area contributed by atoms with Gasteiger partial charge < -0.3 is 11.1 Å². The van der Waals surface area contributed by atoms with Crippen molar-refractivity contribution in [1.82, 2.24) is 4.98 Å². The summed E-state index contributed by atoms with van der Waals surface area (Å²) < 4.78 is 0. The van der Waals surface area contributed by atoms with E-state index in [1.54, 1.807) is 6.20 Å². The van der Waals surface area contributed by atoms with Crippen molar-refractivity contribution in [3.05, 3.63) is 22.5 Å². The van der Waals surface area contributed by atoms with Crippen LogP contribution in [0.5, 0.6) is 0 Å². The number of pyridine rings is 1. The van der Waals surface area contributed by atoms with E-state index < -0.39 is 0 Å². The van der Waals surface area contributed by atoms with Crippen LogP contribution < -0.4 is 5.73 Å². The Bertz CT molecular complexity index is 374. The first kappa shape index (κ1) is 12.0. The van der Waals surface area contributed by atoms with Crippen molar-refractivity contribution >= 4 is 23.5 Å². The van der Waals surface area contributed by atoms with E-state index in [0.29, 0.717) is 22.3 Å². The van der Waals surface area contributed by atoms with E-state index in [0.717, 1.165) is 5.56 Å². The molecule has 3 N–H and O–H groups in total. The zero-order valence-electron chi connectivity index (χ0n) is 9.21. The molecule has 1 heterocycles. The molecule has 0 saturated carbocycles. The minimum atomic E-state index is 0.266. The predicted octanol–water partition coefficient (Wildman–Crippen LogP) is 3.07. The number of nitrogens with two attached hydrogens (primary N) is 1. The van der Waals surface area contributed by atoms with Crippen LogP contribution in [0.25, 0.3) is 0 Å². The minimum absolute atomic E-state index is 0.266. The van der Waals surface area contributed by atoms with Crippen molar-refractivity contribution in [3.63, 3.8) is 0 Å². The number of nitrogen functional groups attached to an aromatic ring is 1. The van der Waals surface area contributed by atoms with Gasteiger partial charge in [-0.1, -0.05) is 32.4 Å². The van der Waals surface area contributed by atoms with Gasteiger partial charge in [-0.05, 0) is 17.4 Å². The van der Waals surface area contributed by atoms with Crippen LogP contribution >= 0.6 is 11.6 Å². The minimum Gasteiger partial charge on any atom is -0.397 e. The van der Waals surface area contributed by atoms with Crippen molar-refractivity contribution in [2.75, 3.05) is 5.73 Å². The molecule has 4 heteroatoms. The average Bonchev–Trinajstić information content (AvgIpc) is 2.19. The van der Waals surface area contributed by atoms with Crippen LogP contribution in [0.1, 0.15) is 37.8 Å². The van der Waals surface area contributed by atoms with E-state index in [2.05, 4.69) is 25.8 Å². The highest BCUT2D eigenvalue weighted by atomic mass is 35.5. The highest BCUT2D eigenvalue weighted by Gasteiger charge is 2.18. The van der Waals surface area contributed by atoms with Gasteiger partial charge in [0.1, 0.15) is 5.15 Å². The smallest absolute Gasteiger partial charge is 0.138 e. The second-order valence-corrected chi connectivity index (χ2v) is 4.37.